The minimum atomic E-state index is -0.639. The molecule has 0 spiro atoms. The molecule has 0 aliphatic heterocycles. The Morgan fingerprint density at radius 1 is 1.26 bits per heavy atom. The van der Waals surface area contributed by atoms with Crippen molar-refractivity contribution in [2.24, 2.45) is 0 Å². The number of nitrogens with zero attached hydrogens (tertiary/aromatic N) is 3. The molecule has 1 N–H and O–H groups in total. The summed E-state index contributed by atoms with van der Waals surface area (Å²) in [5.41, 5.74) is 0.714. The number of aromatic nitrogens is 3. The fourth-order valence-electron chi connectivity index (χ4n) is 2.03. The first kappa shape index (κ1) is 15.2. The summed E-state index contributed by atoms with van der Waals surface area (Å²) in [6, 6.07) is 11.0. The number of nitrogens with one attached hydrogen (secondary N) is 1. The lowest BCUT2D eigenvalue weighted by atomic mass is 10.2. The first-order chi connectivity index (χ1) is 11.1. The van der Waals surface area contributed by atoms with E-state index in [0.717, 1.165) is 11.8 Å². The van der Waals surface area contributed by atoms with Gasteiger partial charge in [0.15, 0.2) is 5.82 Å². The SMILES string of the molecule is O=C(Nc1ccn(Cc2ccccn2)n1)c1cc(Cl)ccc1F. The van der Waals surface area contributed by atoms with Gasteiger partial charge >= 0.3 is 0 Å². The average molecular weight is 331 g/mol. The highest BCUT2D eigenvalue weighted by Gasteiger charge is 2.13. The Kier molecular flexibility index (Phi) is 4.34. The molecule has 0 saturated heterocycles. The summed E-state index contributed by atoms with van der Waals surface area (Å²) in [7, 11) is 0. The Morgan fingerprint density at radius 3 is 2.91 bits per heavy atom. The third kappa shape index (κ3) is 3.73. The number of hydrogen-bond donors (Lipinski definition) is 1. The molecule has 3 rings (SSSR count). The summed E-state index contributed by atoms with van der Waals surface area (Å²) in [5, 5.41) is 7.04. The van der Waals surface area contributed by atoms with E-state index in [-0.39, 0.29) is 10.6 Å². The maximum absolute atomic E-state index is 13.7. The molecule has 116 valence electrons. The molecule has 0 atom stereocenters. The molecular formula is C16H12ClFN4O. The molecular weight excluding hydrogens is 319 g/mol. The van der Waals surface area contributed by atoms with Crippen molar-refractivity contribution in [3.8, 4) is 0 Å². The van der Waals surface area contributed by atoms with Gasteiger partial charge in [-0.15, -0.1) is 0 Å². The van der Waals surface area contributed by atoms with Gasteiger partial charge in [0.05, 0.1) is 17.8 Å². The number of benzene rings is 1. The number of amides is 1. The normalized spacial score (nSPS) is 10.5. The van der Waals surface area contributed by atoms with E-state index in [9.17, 15) is 9.18 Å². The van der Waals surface area contributed by atoms with E-state index in [2.05, 4.69) is 15.4 Å². The molecule has 0 saturated carbocycles. The van der Waals surface area contributed by atoms with Crippen LogP contribution in [0.15, 0.2) is 54.9 Å². The number of halogens is 2. The third-order valence-electron chi connectivity index (χ3n) is 3.11. The topological polar surface area (TPSA) is 59.8 Å². The Labute approximate surface area is 136 Å². The average Bonchev–Trinajstić information content (AvgIpc) is 2.97. The zero-order valence-electron chi connectivity index (χ0n) is 11.9. The van der Waals surface area contributed by atoms with Crippen molar-refractivity contribution in [3.05, 3.63) is 77.0 Å². The van der Waals surface area contributed by atoms with Crippen LogP contribution in [0.4, 0.5) is 10.2 Å². The first-order valence-corrected chi connectivity index (χ1v) is 7.19. The molecule has 0 aliphatic rings. The van der Waals surface area contributed by atoms with Crippen LogP contribution in [0.1, 0.15) is 16.1 Å². The van der Waals surface area contributed by atoms with Gasteiger partial charge in [0, 0.05) is 23.5 Å². The first-order valence-electron chi connectivity index (χ1n) is 6.81. The summed E-state index contributed by atoms with van der Waals surface area (Å²) >= 11 is 5.78. The molecule has 0 radical (unpaired) electrons. The van der Waals surface area contributed by atoms with Gasteiger partial charge in [-0.25, -0.2) is 4.39 Å². The number of pyridine rings is 1. The van der Waals surface area contributed by atoms with Crippen LogP contribution in [0, 0.1) is 5.82 Å². The predicted octanol–water partition coefficient (Wildman–Crippen LogP) is 3.37. The molecule has 7 heteroatoms. The van der Waals surface area contributed by atoms with Crippen LogP contribution in [0.25, 0.3) is 0 Å². The van der Waals surface area contributed by atoms with Crippen LogP contribution in [-0.2, 0) is 6.54 Å². The highest BCUT2D eigenvalue weighted by Crippen LogP contribution is 2.16. The van der Waals surface area contributed by atoms with E-state index >= 15 is 0 Å². The highest BCUT2D eigenvalue weighted by atomic mass is 35.5. The Bertz CT molecular complexity index is 835. The standard InChI is InChI=1S/C16H12ClFN4O/c17-11-4-5-14(18)13(9-11)16(23)20-15-6-8-22(21-15)10-12-3-1-2-7-19-12/h1-9H,10H2,(H,20,21,23). The maximum atomic E-state index is 13.7. The van der Waals surface area contributed by atoms with Crippen LogP contribution in [0.3, 0.4) is 0 Å². The number of hydrogen-bond acceptors (Lipinski definition) is 3. The summed E-state index contributed by atoms with van der Waals surface area (Å²) in [4.78, 5) is 16.3. The summed E-state index contributed by atoms with van der Waals surface area (Å²) in [6.07, 6.45) is 3.40. The van der Waals surface area contributed by atoms with E-state index in [0.29, 0.717) is 12.4 Å². The van der Waals surface area contributed by atoms with E-state index in [1.165, 1.54) is 12.1 Å². The van der Waals surface area contributed by atoms with E-state index in [1.807, 2.05) is 18.2 Å². The van der Waals surface area contributed by atoms with Crippen molar-refractivity contribution in [2.75, 3.05) is 5.32 Å². The lowest BCUT2D eigenvalue weighted by molar-refractivity contribution is 0.102. The minimum Gasteiger partial charge on any atom is -0.305 e. The van der Waals surface area contributed by atoms with Crippen molar-refractivity contribution < 1.29 is 9.18 Å². The van der Waals surface area contributed by atoms with Crippen LogP contribution in [0.5, 0.6) is 0 Å². The fourth-order valence-corrected chi connectivity index (χ4v) is 2.20. The van der Waals surface area contributed by atoms with Gasteiger partial charge < -0.3 is 5.32 Å². The van der Waals surface area contributed by atoms with Crippen molar-refractivity contribution in [2.45, 2.75) is 6.54 Å². The molecule has 0 unspecified atom stereocenters. The molecule has 3 aromatic rings. The second-order valence-corrected chi connectivity index (χ2v) is 5.23. The van der Waals surface area contributed by atoms with Gasteiger partial charge in [-0.05, 0) is 30.3 Å². The van der Waals surface area contributed by atoms with Crippen LogP contribution < -0.4 is 5.32 Å². The number of carbonyl (C=O) groups excluding carboxylic acids is 1. The molecule has 2 heterocycles. The fraction of sp³-hybridized carbons (Fsp3) is 0.0625. The monoisotopic (exact) mass is 330 g/mol. The van der Waals surface area contributed by atoms with Crippen molar-refractivity contribution in [1.82, 2.24) is 14.8 Å². The molecule has 0 bridgehead atoms. The zero-order valence-corrected chi connectivity index (χ0v) is 12.7. The summed E-state index contributed by atoms with van der Waals surface area (Å²) in [5.74, 6) is -0.918. The smallest absolute Gasteiger partial charge is 0.259 e. The maximum Gasteiger partial charge on any atom is 0.259 e. The second kappa shape index (κ2) is 6.58. The van der Waals surface area contributed by atoms with E-state index in [1.54, 1.807) is 23.1 Å². The number of rotatable bonds is 4. The predicted molar refractivity (Wildman–Crippen MR) is 84.9 cm³/mol. The lowest BCUT2D eigenvalue weighted by Gasteiger charge is -2.04. The Hall–Kier alpha value is -2.73. The van der Waals surface area contributed by atoms with Crippen molar-refractivity contribution >= 4 is 23.3 Å². The Morgan fingerprint density at radius 2 is 2.13 bits per heavy atom. The quantitative estimate of drug-likeness (QED) is 0.798. The van der Waals surface area contributed by atoms with E-state index < -0.39 is 11.7 Å². The van der Waals surface area contributed by atoms with Crippen molar-refractivity contribution in [3.63, 3.8) is 0 Å². The van der Waals surface area contributed by atoms with E-state index in [4.69, 9.17) is 11.6 Å². The lowest BCUT2D eigenvalue weighted by Crippen LogP contribution is -2.14. The van der Waals surface area contributed by atoms with Crippen LogP contribution in [0.2, 0.25) is 5.02 Å². The largest absolute Gasteiger partial charge is 0.305 e. The van der Waals surface area contributed by atoms with Crippen molar-refractivity contribution in [1.29, 1.82) is 0 Å². The van der Waals surface area contributed by atoms with Gasteiger partial charge in [-0.2, -0.15) is 5.10 Å². The molecule has 23 heavy (non-hydrogen) atoms. The number of anilines is 1. The van der Waals surface area contributed by atoms with Crippen LogP contribution >= 0.6 is 11.6 Å². The summed E-state index contributed by atoms with van der Waals surface area (Å²) < 4.78 is 15.3. The molecule has 2 aromatic heterocycles. The zero-order chi connectivity index (χ0) is 16.2. The molecule has 0 aliphatic carbocycles. The van der Waals surface area contributed by atoms with Crippen LogP contribution in [-0.4, -0.2) is 20.7 Å². The molecule has 1 aromatic carbocycles. The molecule has 1 amide bonds. The van der Waals surface area contributed by atoms with Gasteiger partial charge in [0.2, 0.25) is 0 Å². The van der Waals surface area contributed by atoms with Gasteiger partial charge in [0.1, 0.15) is 5.82 Å². The highest BCUT2D eigenvalue weighted by molar-refractivity contribution is 6.31. The third-order valence-corrected chi connectivity index (χ3v) is 3.34. The Balaban J connectivity index is 1.71. The van der Waals surface area contributed by atoms with Gasteiger partial charge in [0.25, 0.3) is 5.91 Å². The molecule has 0 fully saturated rings. The van der Waals surface area contributed by atoms with Gasteiger partial charge in [-0.3, -0.25) is 14.5 Å². The second-order valence-electron chi connectivity index (χ2n) is 4.80. The molecule has 5 nitrogen and oxygen atoms in total. The minimum absolute atomic E-state index is 0.128. The summed E-state index contributed by atoms with van der Waals surface area (Å²) in [6.45, 7) is 0.474. The number of carbonyl (C=O) groups is 1. The van der Waals surface area contributed by atoms with Gasteiger partial charge in [-0.1, -0.05) is 17.7 Å².